The lowest BCUT2D eigenvalue weighted by Gasteiger charge is -2.00. The quantitative estimate of drug-likeness (QED) is 0.651. The van der Waals surface area contributed by atoms with E-state index >= 15 is 0 Å². The molecule has 0 N–H and O–H groups in total. The lowest BCUT2D eigenvalue weighted by molar-refractivity contribution is 0.596. The fourth-order valence-corrected chi connectivity index (χ4v) is 2.25. The highest BCUT2D eigenvalue weighted by Gasteiger charge is 2.14. The molecule has 0 atom stereocenters. The first kappa shape index (κ1) is 13.2. The number of hydrogen-bond acceptors (Lipinski definition) is 2. The van der Waals surface area contributed by atoms with Crippen molar-refractivity contribution in [1.29, 1.82) is 5.26 Å². The van der Waals surface area contributed by atoms with Gasteiger partial charge in [-0.25, -0.2) is 0 Å². The fourth-order valence-electron chi connectivity index (χ4n) is 2.25. The minimum absolute atomic E-state index is 0.564. The lowest BCUT2D eigenvalue weighted by atomic mass is 10.1. The first-order valence-corrected chi connectivity index (χ1v) is 6.85. The molecule has 0 amide bonds. The van der Waals surface area contributed by atoms with Crippen molar-refractivity contribution in [2.45, 2.75) is 13.8 Å². The van der Waals surface area contributed by atoms with Crippen LogP contribution in [0.25, 0.3) is 22.6 Å². The number of aryl methyl sites for hydroxylation is 2. The van der Waals surface area contributed by atoms with Gasteiger partial charge < -0.3 is 4.42 Å². The summed E-state index contributed by atoms with van der Waals surface area (Å²) in [6.45, 7) is 4.08. The van der Waals surface area contributed by atoms with Crippen LogP contribution in [0, 0.1) is 25.2 Å². The van der Waals surface area contributed by atoms with Crippen molar-refractivity contribution in [2.24, 2.45) is 0 Å². The molecule has 3 aromatic rings. The van der Waals surface area contributed by atoms with Crippen LogP contribution in [-0.4, -0.2) is 0 Å². The SMILES string of the molecule is Cc1ccc(-c2cc(C#N)c(-c3ccc(C)cc3)o2)cc1. The Morgan fingerprint density at radius 1 is 0.810 bits per heavy atom. The zero-order valence-electron chi connectivity index (χ0n) is 12.1. The standard InChI is InChI=1S/C19H15NO/c1-13-3-7-15(8-4-13)18-11-17(12-20)19(21-18)16-9-5-14(2)6-10-16/h3-11H,1-2H3. The molecule has 1 aromatic heterocycles. The van der Waals surface area contributed by atoms with E-state index in [2.05, 4.69) is 6.07 Å². The molecule has 2 heteroatoms. The third kappa shape index (κ3) is 2.59. The molecule has 2 aromatic carbocycles. The van der Waals surface area contributed by atoms with Crippen LogP contribution in [0.15, 0.2) is 59.0 Å². The molecule has 0 bridgehead atoms. The third-order valence-corrected chi connectivity index (χ3v) is 3.50. The highest BCUT2D eigenvalue weighted by atomic mass is 16.3. The Morgan fingerprint density at radius 2 is 1.33 bits per heavy atom. The monoisotopic (exact) mass is 273 g/mol. The molecule has 0 aliphatic carbocycles. The molecule has 0 fully saturated rings. The second-order valence-electron chi connectivity index (χ2n) is 5.20. The molecule has 0 unspecified atom stereocenters. The maximum atomic E-state index is 9.33. The van der Waals surface area contributed by atoms with Crippen LogP contribution in [0.4, 0.5) is 0 Å². The second-order valence-corrected chi connectivity index (χ2v) is 5.20. The topological polar surface area (TPSA) is 36.9 Å². The van der Waals surface area contributed by atoms with Crippen LogP contribution in [0.1, 0.15) is 16.7 Å². The van der Waals surface area contributed by atoms with E-state index in [4.69, 9.17) is 4.42 Å². The molecular formula is C19H15NO. The predicted octanol–water partition coefficient (Wildman–Crippen LogP) is 5.10. The summed E-state index contributed by atoms with van der Waals surface area (Å²) in [5.74, 6) is 1.36. The van der Waals surface area contributed by atoms with Crippen LogP contribution in [-0.2, 0) is 0 Å². The van der Waals surface area contributed by atoms with Crippen molar-refractivity contribution in [2.75, 3.05) is 0 Å². The number of nitrogens with zero attached hydrogens (tertiary/aromatic N) is 1. The van der Waals surface area contributed by atoms with Gasteiger partial charge in [-0.3, -0.25) is 0 Å². The van der Waals surface area contributed by atoms with E-state index in [1.54, 1.807) is 6.07 Å². The van der Waals surface area contributed by atoms with E-state index in [-0.39, 0.29) is 0 Å². The van der Waals surface area contributed by atoms with Crippen molar-refractivity contribution in [3.63, 3.8) is 0 Å². The molecule has 2 nitrogen and oxygen atoms in total. The molecular weight excluding hydrogens is 258 g/mol. The van der Waals surface area contributed by atoms with Gasteiger partial charge in [0.05, 0.1) is 5.56 Å². The van der Waals surface area contributed by atoms with Gasteiger partial charge in [-0.2, -0.15) is 5.26 Å². The largest absolute Gasteiger partial charge is 0.455 e. The molecule has 0 aliphatic heterocycles. The summed E-state index contributed by atoms with van der Waals surface area (Å²) in [6, 6.07) is 20.1. The van der Waals surface area contributed by atoms with Crippen molar-refractivity contribution in [3.05, 3.63) is 71.3 Å². The molecule has 1 heterocycles. The van der Waals surface area contributed by atoms with Gasteiger partial charge in [0.15, 0.2) is 5.76 Å². The summed E-state index contributed by atoms with van der Waals surface area (Å²) in [5, 5.41) is 9.33. The van der Waals surface area contributed by atoms with Crippen LogP contribution in [0.5, 0.6) is 0 Å². The maximum absolute atomic E-state index is 9.33. The highest BCUT2D eigenvalue weighted by Crippen LogP contribution is 2.32. The van der Waals surface area contributed by atoms with Gasteiger partial charge in [0.25, 0.3) is 0 Å². The summed E-state index contributed by atoms with van der Waals surface area (Å²) in [4.78, 5) is 0. The van der Waals surface area contributed by atoms with Crippen molar-refractivity contribution in [1.82, 2.24) is 0 Å². The lowest BCUT2D eigenvalue weighted by Crippen LogP contribution is -1.78. The number of benzene rings is 2. The van der Waals surface area contributed by atoms with Gasteiger partial charge in [0.1, 0.15) is 11.8 Å². The Hall–Kier alpha value is -2.79. The van der Waals surface area contributed by atoms with E-state index in [1.807, 2.05) is 62.4 Å². The first-order chi connectivity index (χ1) is 10.2. The normalized spacial score (nSPS) is 10.3. The first-order valence-electron chi connectivity index (χ1n) is 6.85. The van der Waals surface area contributed by atoms with Crippen molar-refractivity contribution in [3.8, 4) is 28.7 Å². The summed E-state index contributed by atoms with van der Waals surface area (Å²) in [5.41, 5.74) is 4.85. The zero-order valence-corrected chi connectivity index (χ0v) is 12.1. The molecule has 0 radical (unpaired) electrons. The van der Waals surface area contributed by atoms with Gasteiger partial charge in [-0.05, 0) is 13.8 Å². The Kier molecular flexibility index (Phi) is 3.33. The van der Waals surface area contributed by atoms with Gasteiger partial charge in [-0.15, -0.1) is 0 Å². The van der Waals surface area contributed by atoms with Crippen LogP contribution >= 0.6 is 0 Å². The maximum Gasteiger partial charge on any atom is 0.152 e. The van der Waals surface area contributed by atoms with Gasteiger partial charge >= 0.3 is 0 Å². The second kappa shape index (κ2) is 5.30. The summed E-state index contributed by atoms with van der Waals surface area (Å²) < 4.78 is 5.94. The van der Waals surface area contributed by atoms with Crippen molar-refractivity contribution >= 4 is 0 Å². The number of rotatable bonds is 2. The van der Waals surface area contributed by atoms with E-state index in [9.17, 15) is 5.26 Å². The molecule has 0 spiro atoms. The Bertz CT molecular complexity index is 802. The van der Waals surface area contributed by atoms with Crippen molar-refractivity contribution < 1.29 is 4.42 Å². The van der Waals surface area contributed by atoms with Crippen LogP contribution < -0.4 is 0 Å². The minimum Gasteiger partial charge on any atom is -0.455 e. The number of nitriles is 1. The zero-order chi connectivity index (χ0) is 14.8. The summed E-state index contributed by atoms with van der Waals surface area (Å²) in [7, 11) is 0. The molecule has 3 rings (SSSR count). The fraction of sp³-hybridized carbons (Fsp3) is 0.105. The average molecular weight is 273 g/mol. The van der Waals surface area contributed by atoms with Gasteiger partial charge in [0, 0.05) is 17.2 Å². The highest BCUT2D eigenvalue weighted by molar-refractivity contribution is 5.71. The van der Waals surface area contributed by atoms with E-state index in [1.165, 1.54) is 11.1 Å². The Labute approximate surface area is 124 Å². The van der Waals surface area contributed by atoms with E-state index < -0.39 is 0 Å². The van der Waals surface area contributed by atoms with Crippen LogP contribution in [0.2, 0.25) is 0 Å². The minimum atomic E-state index is 0.564. The number of furan rings is 1. The number of hydrogen-bond donors (Lipinski definition) is 0. The van der Waals surface area contributed by atoms with E-state index in [0.717, 1.165) is 16.9 Å². The van der Waals surface area contributed by atoms with E-state index in [0.29, 0.717) is 11.3 Å². The molecule has 0 aliphatic rings. The Morgan fingerprint density at radius 3 is 1.86 bits per heavy atom. The third-order valence-electron chi connectivity index (χ3n) is 3.50. The summed E-state index contributed by atoms with van der Waals surface area (Å²) in [6.07, 6.45) is 0. The Balaban J connectivity index is 2.08. The predicted molar refractivity (Wildman–Crippen MR) is 83.8 cm³/mol. The van der Waals surface area contributed by atoms with Crippen LogP contribution in [0.3, 0.4) is 0 Å². The van der Waals surface area contributed by atoms with Gasteiger partial charge in [0.2, 0.25) is 0 Å². The molecule has 0 saturated heterocycles. The smallest absolute Gasteiger partial charge is 0.152 e. The summed E-state index contributed by atoms with van der Waals surface area (Å²) >= 11 is 0. The molecule has 0 saturated carbocycles. The van der Waals surface area contributed by atoms with Gasteiger partial charge in [-0.1, -0.05) is 59.7 Å². The molecule has 102 valence electrons. The molecule has 21 heavy (non-hydrogen) atoms. The average Bonchev–Trinajstić information content (AvgIpc) is 2.93.